The van der Waals surface area contributed by atoms with Crippen LogP contribution in [0.3, 0.4) is 0 Å². The SMILES string of the molecule is CC(CCC(=O)O)OCCOC(C)(C)C. The monoisotopic (exact) mass is 218 g/mol. The van der Waals surface area contributed by atoms with E-state index in [-0.39, 0.29) is 18.1 Å². The van der Waals surface area contributed by atoms with Gasteiger partial charge in [0.25, 0.3) is 0 Å². The lowest BCUT2D eigenvalue weighted by Gasteiger charge is -2.20. The zero-order chi connectivity index (χ0) is 11.9. The van der Waals surface area contributed by atoms with E-state index >= 15 is 0 Å². The third-order valence-corrected chi connectivity index (χ3v) is 1.79. The molecule has 1 unspecified atom stereocenters. The third-order valence-electron chi connectivity index (χ3n) is 1.79. The van der Waals surface area contributed by atoms with E-state index in [0.717, 1.165) is 0 Å². The van der Waals surface area contributed by atoms with Gasteiger partial charge in [0.05, 0.1) is 24.9 Å². The van der Waals surface area contributed by atoms with Gasteiger partial charge in [-0.3, -0.25) is 4.79 Å². The number of hydrogen-bond donors (Lipinski definition) is 1. The van der Waals surface area contributed by atoms with Gasteiger partial charge in [0.2, 0.25) is 0 Å². The van der Waals surface area contributed by atoms with Gasteiger partial charge in [-0.1, -0.05) is 0 Å². The van der Waals surface area contributed by atoms with Crippen LogP contribution < -0.4 is 0 Å². The lowest BCUT2D eigenvalue weighted by molar-refractivity contribution is -0.137. The van der Waals surface area contributed by atoms with Crippen molar-refractivity contribution in [3.63, 3.8) is 0 Å². The summed E-state index contributed by atoms with van der Waals surface area (Å²) in [5.74, 6) is -0.781. The van der Waals surface area contributed by atoms with Crippen molar-refractivity contribution in [2.45, 2.75) is 52.2 Å². The molecule has 1 N–H and O–H groups in total. The van der Waals surface area contributed by atoms with Gasteiger partial charge in [-0.25, -0.2) is 0 Å². The minimum Gasteiger partial charge on any atom is -0.481 e. The molecule has 0 radical (unpaired) electrons. The van der Waals surface area contributed by atoms with Gasteiger partial charge in [-0.2, -0.15) is 0 Å². The predicted octanol–water partition coefficient (Wildman–Crippen LogP) is 2.07. The first-order valence-corrected chi connectivity index (χ1v) is 5.28. The Kier molecular flexibility index (Phi) is 6.52. The molecule has 4 heteroatoms. The molecule has 0 aromatic heterocycles. The lowest BCUT2D eigenvalue weighted by Crippen LogP contribution is -2.23. The molecule has 0 aromatic rings. The molecule has 15 heavy (non-hydrogen) atoms. The molecule has 0 amide bonds. The zero-order valence-electron chi connectivity index (χ0n) is 10.1. The summed E-state index contributed by atoms with van der Waals surface area (Å²) in [6.45, 7) is 8.89. The Morgan fingerprint density at radius 3 is 2.40 bits per heavy atom. The second-order valence-corrected chi connectivity index (χ2v) is 4.57. The molecular formula is C11H22O4. The highest BCUT2D eigenvalue weighted by Crippen LogP contribution is 2.07. The molecule has 0 aliphatic rings. The molecule has 0 aromatic carbocycles. The van der Waals surface area contributed by atoms with E-state index in [4.69, 9.17) is 14.6 Å². The maximum Gasteiger partial charge on any atom is 0.303 e. The van der Waals surface area contributed by atoms with Crippen LogP contribution in [0, 0.1) is 0 Å². The number of carboxylic acid groups (broad SMARTS) is 1. The van der Waals surface area contributed by atoms with E-state index < -0.39 is 5.97 Å². The fourth-order valence-electron chi connectivity index (χ4n) is 1.01. The summed E-state index contributed by atoms with van der Waals surface area (Å²) in [5, 5.41) is 8.46. The standard InChI is InChI=1S/C11H22O4/c1-9(5-6-10(12)13)14-7-8-15-11(2,3)4/h9H,5-8H2,1-4H3,(H,12,13). The number of aliphatic carboxylic acids is 1. The Bertz CT molecular complexity index is 184. The van der Waals surface area contributed by atoms with Crippen LogP contribution in [0.15, 0.2) is 0 Å². The molecule has 1 atom stereocenters. The minimum absolute atomic E-state index is 0.0235. The van der Waals surface area contributed by atoms with Crippen LogP contribution in [0.5, 0.6) is 0 Å². The van der Waals surface area contributed by atoms with Crippen LogP contribution in [0.4, 0.5) is 0 Å². The van der Waals surface area contributed by atoms with E-state index in [1.165, 1.54) is 0 Å². The summed E-state index contributed by atoms with van der Waals surface area (Å²) >= 11 is 0. The molecule has 0 spiro atoms. The van der Waals surface area contributed by atoms with Crippen LogP contribution in [0.25, 0.3) is 0 Å². The van der Waals surface area contributed by atoms with Crippen molar-refractivity contribution in [3.8, 4) is 0 Å². The predicted molar refractivity (Wildman–Crippen MR) is 58.0 cm³/mol. The van der Waals surface area contributed by atoms with E-state index in [1.54, 1.807) is 0 Å². The van der Waals surface area contributed by atoms with Gasteiger partial charge in [0.15, 0.2) is 0 Å². The van der Waals surface area contributed by atoms with Crippen molar-refractivity contribution >= 4 is 5.97 Å². The second-order valence-electron chi connectivity index (χ2n) is 4.57. The van der Waals surface area contributed by atoms with Crippen molar-refractivity contribution in [1.82, 2.24) is 0 Å². The van der Waals surface area contributed by atoms with Crippen LogP contribution in [0.1, 0.15) is 40.5 Å². The van der Waals surface area contributed by atoms with Crippen LogP contribution in [-0.2, 0) is 14.3 Å². The number of ether oxygens (including phenoxy) is 2. The molecule has 0 rings (SSSR count). The highest BCUT2D eigenvalue weighted by atomic mass is 16.5. The molecule has 0 heterocycles. The number of carbonyl (C=O) groups is 1. The normalized spacial score (nSPS) is 13.9. The molecule has 0 fully saturated rings. The minimum atomic E-state index is -0.781. The first-order chi connectivity index (χ1) is 6.81. The Hall–Kier alpha value is -0.610. The molecular weight excluding hydrogens is 196 g/mol. The fraction of sp³-hybridized carbons (Fsp3) is 0.909. The molecule has 0 aliphatic heterocycles. The second kappa shape index (κ2) is 6.80. The van der Waals surface area contributed by atoms with Gasteiger partial charge in [-0.15, -0.1) is 0 Å². The summed E-state index contributed by atoms with van der Waals surface area (Å²) in [6, 6.07) is 0. The smallest absolute Gasteiger partial charge is 0.303 e. The zero-order valence-corrected chi connectivity index (χ0v) is 10.1. The molecule has 0 bridgehead atoms. The summed E-state index contributed by atoms with van der Waals surface area (Å²) < 4.78 is 10.9. The fourth-order valence-corrected chi connectivity index (χ4v) is 1.01. The van der Waals surface area contributed by atoms with Gasteiger partial charge in [0, 0.05) is 6.42 Å². The lowest BCUT2D eigenvalue weighted by atomic mass is 10.2. The van der Waals surface area contributed by atoms with Crippen molar-refractivity contribution in [1.29, 1.82) is 0 Å². The van der Waals surface area contributed by atoms with Crippen molar-refractivity contribution in [2.75, 3.05) is 13.2 Å². The Morgan fingerprint density at radius 2 is 1.93 bits per heavy atom. The first-order valence-electron chi connectivity index (χ1n) is 5.28. The van der Waals surface area contributed by atoms with Crippen molar-refractivity contribution in [3.05, 3.63) is 0 Å². The summed E-state index contributed by atoms with van der Waals surface area (Å²) in [5.41, 5.74) is -0.145. The quantitative estimate of drug-likeness (QED) is 0.665. The number of rotatable bonds is 7. The molecule has 0 aliphatic carbocycles. The highest BCUT2D eigenvalue weighted by molar-refractivity contribution is 5.66. The Balaban J connectivity index is 3.39. The van der Waals surface area contributed by atoms with Gasteiger partial charge >= 0.3 is 5.97 Å². The van der Waals surface area contributed by atoms with E-state index in [2.05, 4.69) is 0 Å². The maximum atomic E-state index is 10.3. The Morgan fingerprint density at radius 1 is 1.33 bits per heavy atom. The van der Waals surface area contributed by atoms with Gasteiger partial charge < -0.3 is 14.6 Å². The van der Waals surface area contributed by atoms with Crippen molar-refractivity contribution in [2.24, 2.45) is 0 Å². The first kappa shape index (κ1) is 14.4. The summed E-state index contributed by atoms with van der Waals surface area (Å²) in [6.07, 6.45) is 0.677. The van der Waals surface area contributed by atoms with E-state index in [1.807, 2.05) is 27.7 Å². The van der Waals surface area contributed by atoms with E-state index in [9.17, 15) is 4.79 Å². The summed E-state index contributed by atoms with van der Waals surface area (Å²) in [4.78, 5) is 10.3. The van der Waals surface area contributed by atoms with Crippen LogP contribution >= 0.6 is 0 Å². The number of hydrogen-bond acceptors (Lipinski definition) is 3. The van der Waals surface area contributed by atoms with E-state index in [0.29, 0.717) is 19.6 Å². The third kappa shape index (κ3) is 11.3. The van der Waals surface area contributed by atoms with Crippen molar-refractivity contribution < 1.29 is 19.4 Å². The summed E-state index contributed by atoms with van der Waals surface area (Å²) in [7, 11) is 0. The van der Waals surface area contributed by atoms with Crippen LogP contribution in [-0.4, -0.2) is 36.0 Å². The Labute approximate surface area is 91.6 Å². The molecule has 90 valence electrons. The average Bonchev–Trinajstić information content (AvgIpc) is 2.07. The maximum absolute atomic E-state index is 10.3. The van der Waals surface area contributed by atoms with Crippen LogP contribution in [0.2, 0.25) is 0 Å². The average molecular weight is 218 g/mol. The largest absolute Gasteiger partial charge is 0.481 e. The molecule has 4 nitrogen and oxygen atoms in total. The highest BCUT2D eigenvalue weighted by Gasteiger charge is 2.10. The molecule has 0 saturated carbocycles. The molecule has 0 saturated heterocycles. The number of carboxylic acids is 1. The van der Waals surface area contributed by atoms with Gasteiger partial charge in [0.1, 0.15) is 0 Å². The topological polar surface area (TPSA) is 55.8 Å². The van der Waals surface area contributed by atoms with Gasteiger partial charge in [-0.05, 0) is 34.1 Å².